The van der Waals surface area contributed by atoms with E-state index in [1.807, 2.05) is 0 Å². The van der Waals surface area contributed by atoms with Gasteiger partial charge in [0.15, 0.2) is 17.6 Å². The largest absolute Gasteiger partial charge is 0.486 e. The molecule has 26 heavy (non-hydrogen) atoms. The Labute approximate surface area is 156 Å². The van der Waals surface area contributed by atoms with Gasteiger partial charge in [0.25, 0.3) is 5.91 Å². The Morgan fingerprint density at radius 1 is 1.19 bits per heavy atom. The quantitative estimate of drug-likeness (QED) is 0.775. The summed E-state index contributed by atoms with van der Waals surface area (Å²) in [6, 6.07) is 2.13. The number of fused-ring (bicyclic) bond motifs is 1. The molecule has 1 aliphatic rings. The zero-order valence-corrected chi connectivity index (χ0v) is 15.7. The lowest BCUT2D eigenvalue weighted by Crippen LogP contribution is -2.50. The smallest absolute Gasteiger partial charge is 0.339 e. The number of ether oxygens (including phenoxy) is 3. The first-order valence-electron chi connectivity index (χ1n) is 8.00. The lowest BCUT2D eigenvalue weighted by atomic mass is 10.1. The van der Waals surface area contributed by atoms with Crippen LogP contribution in [0.1, 0.15) is 38.1 Å². The summed E-state index contributed by atoms with van der Waals surface area (Å²) in [6.07, 6.45) is -1.18. The van der Waals surface area contributed by atoms with E-state index in [9.17, 15) is 14.4 Å². The van der Waals surface area contributed by atoms with Gasteiger partial charge in [-0.15, -0.1) is 0 Å². The maximum Gasteiger partial charge on any atom is 0.339 e. The number of nitrogens with one attached hydrogen (secondary N) is 2. The summed E-state index contributed by atoms with van der Waals surface area (Å²) in [5.41, 5.74) is -0.398. The van der Waals surface area contributed by atoms with Crippen molar-refractivity contribution >= 4 is 29.5 Å². The van der Waals surface area contributed by atoms with E-state index in [0.29, 0.717) is 24.7 Å². The molecule has 0 spiro atoms. The van der Waals surface area contributed by atoms with Crippen LogP contribution in [0.2, 0.25) is 5.02 Å². The van der Waals surface area contributed by atoms with Gasteiger partial charge in [0.2, 0.25) is 0 Å². The average Bonchev–Trinajstić information content (AvgIpc) is 2.52. The van der Waals surface area contributed by atoms with E-state index in [1.165, 1.54) is 19.1 Å². The molecule has 0 unspecified atom stereocenters. The number of hydrogen-bond donors (Lipinski definition) is 2. The summed E-state index contributed by atoms with van der Waals surface area (Å²) in [4.78, 5) is 35.9. The number of carbonyl (C=O) groups excluding carboxylic acids is 3. The first-order chi connectivity index (χ1) is 12.1. The molecule has 2 rings (SSSR count). The van der Waals surface area contributed by atoms with E-state index in [2.05, 4.69) is 10.6 Å². The Bertz CT molecular complexity index is 729. The van der Waals surface area contributed by atoms with Gasteiger partial charge in [0.1, 0.15) is 13.2 Å². The van der Waals surface area contributed by atoms with Crippen molar-refractivity contribution in [1.29, 1.82) is 0 Å². The van der Waals surface area contributed by atoms with Gasteiger partial charge in [-0.25, -0.2) is 9.59 Å². The standard InChI is InChI=1S/C17H21ClN2O6/c1-9(14(21)19-16(23)20-17(2,3)4)26-15(22)10-7-11(18)13-12(8-10)24-5-6-25-13/h7-9H,5-6H2,1-4H3,(H2,19,20,21,23)/t9-/m0/s1. The predicted octanol–water partition coefficient (Wildman–Crippen LogP) is 2.28. The molecular formula is C17H21ClN2O6. The van der Waals surface area contributed by atoms with Crippen molar-refractivity contribution in [2.24, 2.45) is 0 Å². The van der Waals surface area contributed by atoms with E-state index in [-0.39, 0.29) is 10.6 Å². The van der Waals surface area contributed by atoms with E-state index in [0.717, 1.165) is 0 Å². The van der Waals surface area contributed by atoms with Crippen LogP contribution in [0, 0.1) is 0 Å². The molecule has 1 aromatic rings. The van der Waals surface area contributed by atoms with E-state index in [4.69, 9.17) is 25.8 Å². The number of imide groups is 1. The summed E-state index contributed by atoms with van der Waals surface area (Å²) >= 11 is 6.08. The van der Waals surface area contributed by atoms with Gasteiger partial charge < -0.3 is 19.5 Å². The third-order valence-electron chi connectivity index (χ3n) is 3.21. The van der Waals surface area contributed by atoms with Gasteiger partial charge >= 0.3 is 12.0 Å². The highest BCUT2D eigenvalue weighted by Gasteiger charge is 2.25. The van der Waals surface area contributed by atoms with Crippen LogP contribution in [0.15, 0.2) is 12.1 Å². The van der Waals surface area contributed by atoms with Gasteiger partial charge in [-0.05, 0) is 39.8 Å². The van der Waals surface area contributed by atoms with Crippen LogP contribution in [0.25, 0.3) is 0 Å². The van der Waals surface area contributed by atoms with E-state index < -0.39 is 29.6 Å². The van der Waals surface area contributed by atoms with Crippen LogP contribution >= 0.6 is 11.6 Å². The second-order valence-corrected chi connectivity index (χ2v) is 7.13. The molecule has 0 aliphatic carbocycles. The highest BCUT2D eigenvalue weighted by molar-refractivity contribution is 6.32. The lowest BCUT2D eigenvalue weighted by Gasteiger charge is -2.21. The fourth-order valence-corrected chi connectivity index (χ4v) is 2.36. The van der Waals surface area contributed by atoms with Crippen LogP contribution in [-0.4, -0.2) is 42.8 Å². The number of urea groups is 1. The molecular weight excluding hydrogens is 364 g/mol. The molecule has 1 aliphatic heterocycles. The number of benzene rings is 1. The fraction of sp³-hybridized carbons (Fsp3) is 0.471. The number of carbonyl (C=O) groups is 3. The van der Waals surface area contributed by atoms with Crippen molar-refractivity contribution in [1.82, 2.24) is 10.6 Å². The summed E-state index contributed by atoms with van der Waals surface area (Å²) < 4.78 is 15.9. The number of halogens is 1. The Morgan fingerprint density at radius 3 is 2.50 bits per heavy atom. The van der Waals surface area contributed by atoms with Crippen molar-refractivity contribution in [3.63, 3.8) is 0 Å². The third kappa shape index (κ3) is 5.26. The van der Waals surface area contributed by atoms with Crippen LogP contribution in [0.4, 0.5) is 4.79 Å². The van der Waals surface area contributed by atoms with Crippen LogP contribution in [-0.2, 0) is 9.53 Å². The maximum absolute atomic E-state index is 12.3. The second kappa shape index (κ2) is 7.82. The minimum absolute atomic E-state index is 0.109. The second-order valence-electron chi connectivity index (χ2n) is 6.72. The number of hydrogen-bond acceptors (Lipinski definition) is 6. The summed E-state index contributed by atoms with van der Waals surface area (Å²) in [6.45, 7) is 7.37. The highest BCUT2D eigenvalue weighted by atomic mass is 35.5. The summed E-state index contributed by atoms with van der Waals surface area (Å²) in [7, 11) is 0. The van der Waals surface area contributed by atoms with Crippen LogP contribution in [0.3, 0.4) is 0 Å². The van der Waals surface area contributed by atoms with E-state index >= 15 is 0 Å². The Kier molecular flexibility index (Phi) is 5.97. The van der Waals surface area contributed by atoms with Gasteiger partial charge in [0.05, 0.1) is 10.6 Å². The first-order valence-corrected chi connectivity index (χ1v) is 8.38. The summed E-state index contributed by atoms with van der Waals surface area (Å²) in [5, 5.41) is 4.89. The molecule has 1 atom stereocenters. The molecule has 0 saturated heterocycles. The van der Waals surface area contributed by atoms with Crippen molar-refractivity contribution in [3.8, 4) is 11.5 Å². The predicted molar refractivity (Wildman–Crippen MR) is 93.7 cm³/mol. The minimum atomic E-state index is -1.18. The topological polar surface area (TPSA) is 103 Å². The molecule has 2 N–H and O–H groups in total. The van der Waals surface area contributed by atoms with Gasteiger partial charge in [-0.1, -0.05) is 11.6 Å². The summed E-state index contributed by atoms with van der Waals surface area (Å²) in [5.74, 6) is -0.831. The first kappa shape index (κ1) is 19.8. The molecule has 8 nitrogen and oxygen atoms in total. The van der Waals surface area contributed by atoms with Crippen LogP contribution < -0.4 is 20.1 Å². The molecule has 3 amide bonds. The SMILES string of the molecule is C[C@H](OC(=O)c1cc(Cl)c2c(c1)OCCO2)C(=O)NC(=O)NC(C)(C)C. The zero-order valence-electron chi connectivity index (χ0n) is 15.0. The normalized spacial score (nSPS) is 14.2. The number of rotatable bonds is 3. The Morgan fingerprint density at radius 2 is 1.85 bits per heavy atom. The molecule has 1 aromatic carbocycles. The van der Waals surface area contributed by atoms with Gasteiger partial charge in [0, 0.05) is 5.54 Å². The average molecular weight is 385 g/mol. The molecule has 9 heteroatoms. The number of amides is 3. The van der Waals surface area contributed by atoms with Crippen molar-refractivity contribution in [2.75, 3.05) is 13.2 Å². The molecule has 0 aromatic heterocycles. The van der Waals surface area contributed by atoms with E-state index in [1.54, 1.807) is 20.8 Å². The molecule has 0 bridgehead atoms. The highest BCUT2D eigenvalue weighted by Crippen LogP contribution is 2.38. The van der Waals surface area contributed by atoms with Gasteiger partial charge in [-0.3, -0.25) is 10.1 Å². The Balaban J connectivity index is 1.99. The molecule has 0 fully saturated rings. The Hall–Kier alpha value is -2.48. The molecule has 0 saturated carbocycles. The third-order valence-corrected chi connectivity index (χ3v) is 3.49. The van der Waals surface area contributed by atoms with Crippen molar-refractivity contribution < 1.29 is 28.6 Å². The van der Waals surface area contributed by atoms with Crippen LogP contribution in [0.5, 0.6) is 11.5 Å². The molecule has 1 heterocycles. The zero-order chi connectivity index (χ0) is 19.5. The number of esters is 1. The fourth-order valence-electron chi connectivity index (χ4n) is 2.10. The monoisotopic (exact) mass is 384 g/mol. The minimum Gasteiger partial charge on any atom is -0.486 e. The lowest BCUT2D eigenvalue weighted by molar-refractivity contribution is -0.127. The van der Waals surface area contributed by atoms with Crippen molar-refractivity contribution in [3.05, 3.63) is 22.7 Å². The van der Waals surface area contributed by atoms with Crippen molar-refractivity contribution in [2.45, 2.75) is 39.3 Å². The molecule has 0 radical (unpaired) electrons. The molecule has 142 valence electrons. The maximum atomic E-state index is 12.3. The van der Waals surface area contributed by atoms with Gasteiger partial charge in [-0.2, -0.15) is 0 Å².